The minimum Gasteiger partial charge on any atom is -0.337 e. The highest BCUT2D eigenvalue weighted by Crippen LogP contribution is 2.39. The molecule has 1 atom stereocenters. The molecule has 4 heterocycles. The van der Waals surface area contributed by atoms with Crippen molar-refractivity contribution in [3.05, 3.63) is 53.6 Å². The maximum absolute atomic E-state index is 12.8. The number of aryl methyl sites for hydroxylation is 1. The fraction of sp³-hybridized carbons (Fsp3) is 0.474. The molecule has 2 aromatic rings. The maximum Gasteiger partial charge on any atom is 0.255 e. The first-order valence-corrected chi connectivity index (χ1v) is 8.90. The minimum atomic E-state index is 0.0644. The third-order valence-corrected chi connectivity index (χ3v) is 5.49. The van der Waals surface area contributed by atoms with Gasteiger partial charge in [-0.1, -0.05) is 6.07 Å². The van der Waals surface area contributed by atoms with Crippen LogP contribution < -0.4 is 0 Å². The van der Waals surface area contributed by atoms with Gasteiger partial charge in [0.2, 0.25) is 0 Å². The van der Waals surface area contributed by atoms with Crippen LogP contribution in [0.2, 0.25) is 0 Å². The van der Waals surface area contributed by atoms with E-state index in [4.69, 9.17) is 0 Å². The van der Waals surface area contributed by atoms with E-state index in [9.17, 15) is 4.79 Å². The summed E-state index contributed by atoms with van der Waals surface area (Å²) in [6.07, 6.45) is 6.47. The third kappa shape index (κ3) is 3.14. The molecule has 2 saturated heterocycles. The minimum absolute atomic E-state index is 0.0644. The smallest absolute Gasteiger partial charge is 0.255 e. The first-order valence-electron chi connectivity index (χ1n) is 8.90. The van der Waals surface area contributed by atoms with Crippen molar-refractivity contribution in [3.63, 3.8) is 0 Å². The summed E-state index contributed by atoms with van der Waals surface area (Å²) < 4.78 is 0. The van der Waals surface area contributed by atoms with E-state index in [-0.39, 0.29) is 11.4 Å². The van der Waals surface area contributed by atoms with Gasteiger partial charge in [0, 0.05) is 37.4 Å². The van der Waals surface area contributed by atoms with Gasteiger partial charge in [0.05, 0.1) is 23.7 Å². The van der Waals surface area contributed by atoms with Gasteiger partial charge in [-0.2, -0.15) is 10.2 Å². The molecule has 2 aromatic heterocycles. The van der Waals surface area contributed by atoms with Gasteiger partial charge in [0.1, 0.15) is 0 Å². The van der Waals surface area contributed by atoms with E-state index in [1.807, 2.05) is 17.9 Å². The summed E-state index contributed by atoms with van der Waals surface area (Å²) >= 11 is 0. The molecule has 4 rings (SSSR count). The molecule has 0 aromatic carbocycles. The Hall–Kier alpha value is -2.34. The molecule has 25 heavy (non-hydrogen) atoms. The summed E-state index contributed by atoms with van der Waals surface area (Å²) in [5, 5.41) is 7.59. The van der Waals surface area contributed by atoms with Gasteiger partial charge >= 0.3 is 0 Å². The molecule has 1 amide bonds. The monoisotopic (exact) mass is 337 g/mol. The summed E-state index contributed by atoms with van der Waals surface area (Å²) in [7, 11) is 0. The Morgan fingerprint density at radius 2 is 2.12 bits per heavy atom. The maximum atomic E-state index is 12.8. The number of carbonyl (C=O) groups is 1. The molecule has 0 bridgehead atoms. The number of carbonyl (C=O) groups excluding carboxylic acids is 1. The number of likely N-dealkylation sites (tertiary alicyclic amines) is 2. The van der Waals surface area contributed by atoms with E-state index >= 15 is 0 Å². The average Bonchev–Trinajstić information content (AvgIpc) is 2.65. The van der Waals surface area contributed by atoms with E-state index in [1.54, 1.807) is 18.5 Å². The zero-order chi connectivity index (χ0) is 17.3. The molecule has 0 radical (unpaired) electrons. The van der Waals surface area contributed by atoms with E-state index in [0.717, 1.165) is 56.8 Å². The molecule has 1 spiro atoms. The molecular weight excluding hydrogens is 314 g/mol. The number of hydrogen-bond acceptors (Lipinski definition) is 5. The normalized spacial score (nSPS) is 23.5. The van der Waals surface area contributed by atoms with Crippen LogP contribution in [-0.2, 0) is 6.54 Å². The summed E-state index contributed by atoms with van der Waals surface area (Å²) in [5.41, 5.74) is 2.90. The molecule has 2 aliphatic heterocycles. The van der Waals surface area contributed by atoms with Crippen LogP contribution >= 0.6 is 0 Å². The van der Waals surface area contributed by atoms with Gasteiger partial charge < -0.3 is 4.90 Å². The number of rotatable bonds is 3. The number of nitrogens with zero attached hydrogens (tertiary/aromatic N) is 5. The number of hydrogen-bond donors (Lipinski definition) is 0. The Morgan fingerprint density at radius 3 is 2.84 bits per heavy atom. The number of pyridine rings is 1. The van der Waals surface area contributed by atoms with Gasteiger partial charge in [-0.05, 0) is 44.4 Å². The van der Waals surface area contributed by atoms with Crippen LogP contribution in [0, 0.1) is 6.92 Å². The van der Waals surface area contributed by atoms with Crippen molar-refractivity contribution in [2.75, 3.05) is 19.6 Å². The van der Waals surface area contributed by atoms with Crippen molar-refractivity contribution in [2.45, 2.75) is 38.3 Å². The lowest BCUT2D eigenvalue weighted by Crippen LogP contribution is -2.67. The summed E-state index contributed by atoms with van der Waals surface area (Å²) in [6, 6.07) is 7.93. The summed E-state index contributed by atoms with van der Waals surface area (Å²) in [6.45, 7) is 5.58. The second kappa shape index (κ2) is 6.52. The largest absolute Gasteiger partial charge is 0.337 e. The number of aromatic nitrogens is 3. The van der Waals surface area contributed by atoms with Crippen LogP contribution in [0.3, 0.4) is 0 Å². The van der Waals surface area contributed by atoms with Crippen LogP contribution in [0.5, 0.6) is 0 Å². The Morgan fingerprint density at radius 1 is 1.20 bits per heavy atom. The van der Waals surface area contributed by atoms with Crippen molar-refractivity contribution >= 4 is 5.91 Å². The molecule has 6 nitrogen and oxygen atoms in total. The average molecular weight is 337 g/mol. The summed E-state index contributed by atoms with van der Waals surface area (Å²) in [4.78, 5) is 21.9. The Bertz CT molecular complexity index is 765. The molecule has 130 valence electrons. The quantitative estimate of drug-likeness (QED) is 0.858. The van der Waals surface area contributed by atoms with Crippen molar-refractivity contribution in [3.8, 4) is 0 Å². The van der Waals surface area contributed by atoms with Crippen LogP contribution in [-0.4, -0.2) is 56.1 Å². The van der Waals surface area contributed by atoms with E-state index < -0.39 is 0 Å². The molecule has 0 aliphatic carbocycles. The van der Waals surface area contributed by atoms with Crippen molar-refractivity contribution in [1.29, 1.82) is 0 Å². The first-order chi connectivity index (χ1) is 12.2. The zero-order valence-corrected chi connectivity index (χ0v) is 14.6. The van der Waals surface area contributed by atoms with Gasteiger partial charge in [-0.25, -0.2) is 0 Å². The second-order valence-electron chi connectivity index (χ2n) is 7.13. The highest BCUT2D eigenvalue weighted by molar-refractivity contribution is 5.93. The second-order valence-corrected chi connectivity index (χ2v) is 7.13. The van der Waals surface area contributed by atoms with Crippen LogP contribution in [0.1, 0.15) is 41.0 Å². The highest BCUT2D eigenvalue weighted by Gasteiger charge is 2.48. The first kappa shape index (κ1) is 16.1. The van der Waals surface area contributed by atoms with Crippen molar-refractivity contribution < 1.29 is 4.79 Å². The molecule has 0 N–H and O–H groups in total. The molecule has 2 aliphatic rings. The predicted molar refractivity (Wildman–Crippen MR) is 93.9 cm³/mol. The predicted octanol–water partition coefficient (Wildman–Crippen LogP) is 2.06. The number of amides is 1. The van der Waals surface area contributed by atoms with Crippen LogP contribution in [0.4, 0.5) is 0 Å². The molecule has 2 fully saturated rings. The number of piperidine rings is 1. The Labute approximate surface area is 147 Å². The standard InChI is InChI=1S/C19H23N5O/c1-15-4-2-5-17(22-15)13-24-11-8-19(24)7-3-10-23(14-19)18(25)16-6-9-20-21-12-16/h2,4-6,9,12H,3,7-8,10-11,13-14H2,1H3. The lowest BCUT2D eigenvalue weighted by molar-refractivity contribution is -0.0655. The van der Waals surface area contributed by atoms with Gasteiger partial charge in [0.15, 0.2) is 0 Å². The van der Waals surface area contributed by atoms with Crippen LogP contribution in [0.15, 0.2) is 36.7 Å². The lowest BCUT2D eigenvalue weighted by Gasteiger charge is -2.57. The van der Waals surface area contributed by atoms with Gasteiger partial charge in [-0.3, -0.25) is 14.7 Å². The Balaban J connectivity index is 1.47. The Kier molecular flexibility index (Phi) is 4.21. The van der Waals surface area contributed by atoms with E-state index in [2.05, 4.69) is 32.2 Å². The molecule has 1 unspecified atom stereocenters. The van der Waals surface area contributed by atoms with Crippen LogP contribution in [0.25, 0.3) is 0 Å². The highest BCUT2D eigenvalue weighted by atomic mass is 16.2. The SMILES string of the molecule is Cc1cccc(CN2CCC23CCCN(C(=O)c2ccnnc2)C3)n1. The van der Waals surface area contributed by atoms with Crippen molar-refractivity contribution in [1.82, 2.24) is 25.0 Å². The van der Waals surface area contributed by atoms with E-state index in [0.29, 0.717) is 5.56 Å². The molecule has 6 heteroatoms. The van der Waals surface area contributed by atoms with Gasteiger partial charge in [-0.15, -0.1) is 0 Å². The lowest BCUT2D eigenvalue weighted by atomic mass is 9.77. The fourth-order valence-electron chi connectivity index (χ4n) is 4.06. The topological polar surface area (TPSA) is 62.2 Å². The molecule has 0 saturated carbocycles. The van der Waals surface area contributed by atoms with E-state index in [1.165, 1.54) is 0 Å². The van der Waals surface area contributed by atoms with Gasteiger partial charge in [0.25, 0.3) is 5.91 Å². The summed E-state index contributed by atoms with van der Waals surface area (Å²) in [5.74, 6) is 0.0644. The van der Waals surface area contributed by atoms with Crippen molar-refractivity contribution in [2.24, 2.45) is 0 Å². The molecular formula is C19H23N5O. The fourth-order valence-corrected chi connectivity index (χ4v) is 4.06. The third-order valence-electron chi connectivity index (χ3n) is 5.49. The zero-order valence-electron chi connectivity index (χ0n) is 14.6.